The minimum Gasteiger partial charge on any atom is -0.354 e. The fraction of sp³-hybridized carbons (Fsp3) is 0.257. The summed E-state index contributed by atoms with van der Waals surface area (Å²) in [5.41, 5.74) is -0.216. The van der Waals surface area contributed by atoms with E-state index >= 15 is 0 Å². The molecular formula is C35H35ClF3N3O4S. The number of nitrogens with one attached hydrogen (secondary N) is 1. The lowest BCUT2D eigenvalue weighted by Crippen LogP contribution is -2.53. The van der Waals surface area contributed by atoms with Crippen molar-refractivity contribution in [1.82, 2.24) is 10.2 Å². The SMILES string of the molecule is CC(C)CNC(=O)[C@H](Cc1ccccc1)N(Cc1ccccc1Cl)C(=O)CN(c1cccc(C(F)(F)F)c1)S(=O)(=O)c1ccccc1. The third-order valence-corrected chi connectivity index (χ3v) is 9.48. The normalized spacial score (nSPS) is 12.4. The standard InChI is InChI=1S/C35H35ClF3N3O4S/c1-25(2)22-40-34(44)32(20-26-12-5-3-6-13-26)41(23-27-14-9-10-19-31(27)36)33(43)24-42(47(45,46)30-17-7-4-8-18-30)29-16-11-15-28(21-29)35(37,38)39/h3-19,21,25,32H,20,22-24H2,1-2H3,(H,40,44)/t32-/m0/s1. The van der Waals surface area contributed by atoms with Gasteiger partial charge in [-0.25, -0.2) is 8.42 Å². The lowest BCUT2D eigenvalue weighted by atomic mass is 10.0. The van der Waals surface area contributed by atoms with Crippen LogP contribution in [0, 0.1) is 5.92 Å². The minimum absolute atomic E-state index is 0.0793. The summed E-state index contributed by atoms with van der Waals surface area (Å²) in [5.74, 6) is -1.20. The first kappa shape index (κ1) is 35.5. The van der Waals surface area contributed by atoms with Crippen LogP contribution in [0.5, 0.6) is 0 Å². The van der Waals surface area contributed by atoms with Gasteiger partial charge in [0.15, 0.2) is 0 Å². The molecule has 0 aliphatic carbocycles. The number of anilines is 1. The van der Waals surface area contributed by atoms with Crippen molar-refractivity contribution in [3.63, 3.8) is 0 Å². The van der Waals surface area contributed by atoms with E-state index in [9.17, 15) is 31.2 Å². The molecule has 7 nitrogen and oxygen atoms in total. The highest BCUT2D eigenvalue weighted by Crippen LogP contribution is 2.33. The highest BCUT2D eigenvalue weighted by molar-refractivity contribution is 7.92. The molecule has 0 unspecified atom stereocenters. The Kier molecular flexibility index (Phi) is 11.7. The zero-order valence-electron chi connectivity index (χ0n) is 25.8. The smallest absolute Gasteiger partial charge is 0.354 e. The lowest BCUT2D eigenvalue weighted by molar-refractivity contribution is -0.140. The van der Waals surface area contributed by atoms with Crippen molar-refractivity contribution in [1.29, 1.82) is 0 Å². The van der Waals surface area contributed by atoms with Gasteiger partial charge in [0.1, 0.15) is 12.6 Å². The van der Waals surface area contributed by atoms with Crippen LogP contribution in [0.3, 0.4) is 0 Å². The summed E-state index contributed by atoms with van der Waals surface area (Å²) in [4.78, 5) is 29.3. The van der Waals surface area contributed by atoms with E-state index in [0.29, 0.717) is 27.5 Å². The molecule has 4 aromatic rings. The van der Waals surface area contributed by atoms with Crippen LogP contribution in [0.4, 0.5) is 18.9 Å². The monoisotopic (exact) mass is 685 g/mol. The number of hydrogen-bond acceptors (Lipinski definition) is 4. The van der Waals surface area contributed by atoms with Crippen molar-refractivity contribution in [2.45, 2.75) is 43.9 Å². The summed E-state index contributed by atoms with van der Waals surface area (Å²) >= 11 is 6.48. The molecule has 12 heteroatoms. The van der Waals surface area contributed by atoms with Crippen LogP contribution >= 0.6 is 11.6 Å². The fourth-order valence-electron chi connectivity index (χ4n) is 4.87. The number of rotatable bonds is 13. The van der Waals surface area contributed by atoms with E-state index in [1.165, 1.54) is 35.2 Å². The average molecular weight is 686 g/mol. The Hall–Kier alpha value is -4.35. The van der Waals surface area contributed by atoms with Crippen LogP contribution in [0.1, 0.15) is 30.5 Å². The largest absolute Gasteiger partial charge is 0.416 e. The second-order valence-corrected chi connectivity index (χ2v) is 13.6. The Labute approximate surface area is 278 Å². The number of benzene rings is 4. The Balaban J connectivity index is 1.84. The maximum atomic E-state index is 14.5. The van der Waals surface area contributed by atoms with Gasteiger partial charge in [-0.15, -0.1) is 0 Å². The van der Waals surface area contributed by atoms with Crippen molar-refractivity contribution in [2.75, 3.05) is 17.4 Å². The van der Waals surface area contributed by atoms with Gasteiger partial charge in [0.2, 0.25) is 11.8 Å². The Morgan fingerprint density at radius 1 is 0.851 bits per heavy atom. The topological polar surface area (TPSA) is 86.8 Å². The van der Waals surface area contributed by atoms with Crippen LogP contribution in [0.2, 0.25) is 5.02 Å². The third-order valence-electron chi connectivity index (χ3n) is 7.33. The summed E-state index contributed by atoms with van der Waals surface area (Å²) in [6.45, 7) is 3.08. The number of halogens is 4. The molecule has 248 valence electrons. The number of hydrogen-bond donors (Lipinski definition) is 1. The molecule has 0 saturated carbocycles. The maximum absolute atomic E-state index is 14.5. The van der Waals surface area contributed by atoms with Gasteiger partial charge in [-0.05, 0) is 53.4 Å². The molecule has 1 N–H and O–H groups in total. The van der Waals surface area contributed by atoms with Gasteiger partial charge in [0.05, 0.1) is 16.1 Å². The van der Waals surface area contributed by atoms with Crippen molar-refractivity contribution >= 4 is 39.1 Å². The first-order chi connectivity index (χ1) is 22.3. The number of carbonyl (C=O) groups excluding carboxylic acids is 2. The predicted molar refractivity (Wildman–Crippen MR) is 176 cm³/mol. The third kappa shape index (κ3) is 9.36. The van der Waals surface area contributed by atoms with Crippen molar-refractivity contribution < 1.29 is 31.2 Å². The summed E-state index contributed by atoms with van der Waals surface area (Å²) in [7, 11) is -4.56. The molecule has 1 atom stereocenters. The van der Waals surface area contributed by atoms with Gasteiger partial charge in [-0.3, -0.25) is 13.9 Å². The molecule has 0 saturated heterocycles. The summed E-state index contributed by atoms with van der Waals surface area (Å²) in [6.07, 6.45) is -4.69. The Bertz CT molecular complexity index is 1770. The number of sulfonamides is 1. The van der Waals surface area contributed by atoms with Gasteiger partial charge in [-0.1, -0.05) is 98.2 Å². The van der Waals surface area contributed by atoms with Crippen molar-refractivity contribution in [3.8, 4) is 0 Å². The molecule has 47 heavy (non-hydrogen) atoms. The molecule has 0 aliphatic rings. The van der Waals surface area contributed by atoms with Crippen molar-refractivity contribution in [3.05, 3.63) is 131 Å². The first-order valence-electron chi connectivity index (χ1n) is 14.9. The maximum Gasteiger partial charge on any atom is 0.416 e. The van der Waals surface area contributed by atoms with Gasteiger partial charge >= 0.3 is 6.18 Å². The molecule has 0 aromatic heterocycles. The Morgan fingerprint density at radius 3 is 2.09 bits per heavy atom. The van der Waals surface area contributed by atoms with Crippen LogP contribution < -0.4 is 9.62 Å². The summed E-state index contributed by atoms with van der Waals surface area (Å²) in [5, 5.41) is 3.20. The van der Waals surface area contributed by atoms with Crippen molar-refractivity contribution in [2.24, 2.45) is 5.92 Å². The van der Waals surface area contributed by atoms with E-state index in [1.807, 2.05) is 19.9 Å². The number of carbonyl (C=O) groups is 2. The molecule has 0 heterocycles. The highest BCUT2D eigenvalue weighted by Gasteiger charge is 2.36. The second kappa shape index (κ2) is 15.5. The second-order valence-electron chi connectivity index (χ2n) is 11.3. The van der Waals surface area contributed by atoms with Gasteiger partial charge in [-0.2, -0.15) is 13.2 Å². The van der Waals surface area contributed by atoms with E-state index in [0.717, 1.165) is 17.7 Å². The van der Waals surface area contributed by atoms with Crippen LogP contribution in [0.25, 0.3) is 0 Å². The Morgan fingerprint density at radius 2 is 1.47 bits per heavy atom. The molecule has 2 amide bonds. The van der Waals surface area contributed by atoms with E-state index in [1.54, 1.807) is 54.6 Å². The minimum atomic E-state index is -4.77. The molecule has 0 bridgehead atoms. The first-order valence-corrected chi connectivity index (χ1v) is 16.7. The molecule has 4 aromatic carbocycles. The molecular weight excluding hydrogens is 651 g/mol. The summed E-state index contributed by atoms with van der Waals surface area (Å²) < 4.78 is 69.9. The van der Waals surface area contributed by atoms with Gasteiger partial charge in [0.25, 0.3) is 10.0 Å². The van der Waals surface area contributed by atoms with E-state index in [4.69, 9.17) is 11.6 Å². The molecule has 0 spiro atoms. The van der Waals surface area contributed by atoms with Crippen LogP contribution in [0.15, 0.2) is 114 Å². The zero-order valence-corrected chi connectivity index (χ0v) is 27.4. The molecule has 4 rings (SSSR count). The summed E-state index contributed by atoms with van der Waals surface area (Å²) in [6, 6.07) is 25.5. The van der Waals surface area contributed by atoms with Crippen LogP contribution in [-0.4, -0.2) is 44.3 Å². The number of alkyl halides is 3. The van der Waals surface area contributed by atoms with E-state index < -0.39 is 46.2 Å². The van der Waals surface area contributed by atoms with Gasteiger partial charge < -0.3 is 10.2 Å². The zero-order chi connectivity index (χ0) is 34.2. The molecule has 0 fully saturated rings. The van der Waals surface area contributed by atoms with E-state index in [2.05, 4.69) is 5.32 Å². The van der Waals surface area contributed by atoms with E-state index in [-0.39, 0.29) is 29.5 Å². The average Bonchev–Trinajstić information content (AvgIpc) is 3.05. The van der Waals surface area contributed by atoms with Gasteiger partial charge in [0, 0.05) is 24.5 Å². The number of amides is 2. The lowest BCUT2D eigenvalue weighted by Gasteiger charge is -2.34. The molecule has 0 radical (unpaired) electrons. The highest BCUT2D eigenvalue weighted by atomic mass is 35.5. The molecule has 0 aliphatic heterocycles. The predicted octanol–water partition coefficient (Wildman–Crippen LogP) is 6.97. The number of nitrogens with zero attached hydrogens (tertiary/aromatic N) is 2. The van der Waals surface area contributed by atoms with Crippen LogP contribution in [-0.2, 0) is 38.8 Å². The quantitative estimate of drug-likeness (QED) is 0.165. The fourth-order valence-corrected chi connectivity index (χ4v) is 6.49.